The highest BCUT2D eigenvalue weighted by Gasteiger charge is 2.36. The van der Waals surface area contributed by atoms with E-state index >= 15 is 0 Å². The van der Waals surface area contributed by atoms with Crippen LogP contribution in [-0.4, -0.2) is 39.5 Å². The summed E-state index contributed by atoms with van der Waals surface area (Å²) in [6.07, 6.45) is 2.05. The minimum absolute atomic E-state index is 0.000132. The number of amides is 1. The molecule has 1 unspecified atom stereocenters. The number of nitrogen functional groups attached to an aromatic ring is 1. The van der Waals surface area contributed by atoms with E-state index in [-0.39, 0.29) is 41.8 Å². The highest BCUT2D eigenvalue weighted by molar-refractivity contribution is 6.30. The van der Waals surface area contributed by atoms with Gasteiger partial charge in [-0.3, -0.25) is 24.0 Å². The highest BCUT2D eigenvalue weighted by Crippen LogP contribution is 2.35. The molecule has 34 heavy (non-hydrogen) atoms. The second-order valence-electron chi connectivity index (χ2n) is 10.0. The number of halogens is 1. The standard InChI is InChI=1S/C25H36ClN5O3/c1-15(2)12-30(22-23(27)31(13-16(3)4)25(34)28-24(22)33)21(32)14-29(20-10-11-20)17(5)18-6-8-19(26)9-7-18/h6-9,15-17,20H,10-14,27H2,1-5H3,(H,28,33,34). The largest absolute Gasteiger partial charge is 0.383 e. The molecule has 0 radical (unpaired) electrons. The van der Waals surface area contributed by atoms with Crippen LogP contribution in [0.4, 0.5) is 11.5 Å². The van der Waals surface area contributed by atoms with E-state index in [1.54, 1.807) is 0 Å². The van der Waals surface area contributed by atoms with Gasteiger partial charge in [0, 0.05) is 30.2 Å². The van der Waals surface area contributed by atoms with Crippen LogP contribution in [0.5, 0.6) is 0 Å². The molecule has 9 heteroatoms. The molecule has 2 aromatic rings. The fourth-order valence-corrected chi connectivity index (χ4v) is 4.36. The topological polar surface area (TPSA) is 104 Å². The summed E-state index contributed by atoms with van der Waals surface area (Å²) in [5.41, 5.74) is 6.26. The van der Waals surface area contributed by atoms with Gasteiger partial charge in [-0.15, -0.1) is 0 Å². The highest BCUT2D eigenvalue weighted by atomic mass is 35.5. The smallest absolute Gasteiger partial charge is 0.330 e. The number of carbonyl (C=O) groups is 1. The van der Waals surface area contributed by atoms with E-state index in [4.69, 9.17) is 17.3 Å². The SMILES string of the molecule is CC(C)CN(C(=O)CN(C1CC1)C(C)c1ccc(Cl)cc1)c1c(N)n(CC(C)C)c(=O)[nH]c1=O. The quantitative estimate of drug-likeness (QED) is 0.530. The van der Waals surface area contributed by atoms with Gasteiger partial charge in [-0.25, -0.2) is 4.79 Å². The molecule has 1 fully saturated rings. The Morgan fingerprint density at radius 3 is 2.26 bits per heavy atom. The summed E-state index contributed by atoms with van der Waals surface area (Å²) in [5, 5.41) is 0.666. The number of aromatic nitrogens is 2. The third kappa shape index (κ3) is 6.10. The van der Waals surface area contributed by atoms with Crippen molar-refractivity contribution in [2.24, 2.45) is 11.8 Å². The van der Waals surface area contributed by atoms with Gasteiger partial charge in [0.25, 0.3) is 5.56 Å². The number of nitrogens with two attached hydrogens (primary N) is 1. The van der Waals surface area contributed by atoms with Gasteiger partial charge in [-0.1, -0.05) is 51.4 Å². The predicted octanol–water partition coefficient (Wildman–Crippen LogP) is 3.64. The zero-order valence-corrected chi connectivity index (χ0v) is 21.4. The molecule has 0 aliphatic heterocycles. The van der Waals surface area contributed by atoms with Crippen molar-refractivity contribution in [3.63, 3.8) is 0 Å². The summed E-state index contributed by atoms with van der Waals surface area (Å²) < 4.78 is 1.34. The molecular weight excluding hydrogens is 454 g/mol. The minimum atomic E-state index is -0.639. The molecule has 1 atom stereocenters. The van der Waals surface area contributed by atoms with Crippen LogP contribution >= 0.6 is 11.6 Å². The first-order chi connectivity index (χ1) is 16.0. The molecule has 1 amide bonds. The summed E-state index contributed by atoms with van der Waals surface area (Å²) in [5.74, 6) is 0.0448. The lowest BCUT2D eigenvalue weighted by Gasteiger charge is -2.32. The molecule has 1 aliphatic carbocycles. The molecular formula is C25H36ClN5O3. The molecule has 1 saturated carbocycles. The number of nitrogens with one attached hydrogen (secondary N) is 1. The Labute approximate surface area is 205 Å². The lowest BCUT2D eigenvalue weighted by Crippen LogP contribution is -2.47. The molecule has 0 spiro atoms. The summed E-state index contributed by atoms with van der Waals surface area (Å²) in [4.78, 5) is 45.0. The van der Waals surface area contributed by atoms with Crippen LogP contribution in [-0.2, 0) is 11.3 Å². The maximum absolute atomic E-state index is 13.7. The molecule has 1 heterocycles. The van der Waals surface area contributed by atoms with Gasteiger partial charge in [0.1, 0.15) is 5.82 Å². The number of nitrogens with zero attached hydrogens (tertiary/aromatic N) is 3. The van der Waals surface area contributed by atoms with E-state index < -0.39 is 11.2 Å². The van der Waals surface area contributed by atoms with E-state index in [0.29, 0.717) is 24.2 Å². The number of benzene rings is 1. The summed E-state index contributed by atoms with van der Waals surface area (Å²) >= 11 is 6.05. The Hall–Kier alpha value is -2.58. The molecule has 1 aromatic heterocycles. The third-order valence-electron chi connectivity index (χ3n) is 6.06. The Bertz CT molecular complexity index is 1120. The van der Waals surface area contributed by atoms with Crippen LogP contribution in [0.1, 0.15) is 59.1 Å². The number of hydrogen-bond donors (Lipinski definition) is 2. The van der Waals surface area contributed by atoms with E-state index in [1.165, 1.54) is 9.47 Å². The second kappa shape index (κ2) is 10.8. The molecule has 1 aliphatic rings. The Morgan fingerprint density at radius 2 is 1.74 bits per heavy atom. The van der Waals surface area contributed by atoms with Crippen molar-refractivity contribution in [3.8, 4) is 0 Å². The number of rotatable bonds is 10. The van der Waals surface area contributed by atoms with Crippen molar-refractivity contribution >= 4 is 29.0 Å². The Balaban J connectivity index is 1.96. The summed E-state index contributed by atoms with van der Waals surface area (Å²) in [6, 6.07) is 7.96. The number of carbonyl (C=O) groups excluding carboxylic acids is 1. The van der Waals surface area contributed by atoms with Gasteiger partial charge in [0.15, 0.2) is 5.69 Å². The zero-order valence-electron chi connectivity index (χ0n) is 20.7. The summed E-state index contributed by atoms with van der Waals surface area (Å²) in [6.45, 7) is 10.8. The second-order valence-corrected chi connectivity index (χ2v) is 10.5. The molecule has 1 aromatic carbocycles. The minimum Gasteiger partial charge on any atom is -0.383 e. The van der Waals surface area contributed by atoms with E-state index in [9.17, 15) is 14.4 Å². The normalized spacial score (nSPS) is 14.7. The van der Waals surface area contributed by atoms with Crippen molar-refractivity contribution in [1.29, 1.82) is 0 Å². The van der Waals surface area contributed by atoms with Crippen molar-refractivity contribution < 1.29 is 4.79 Å². The molecule has 3 rings (SSSR count). The van der Waals surface area contributed by atoms with Crippen LogP contribution in [0, 0.1) is 11.8 Å². The fourth-order valence-electron chi connectivity index (χ4n) is 4.23. The van der Waals surface area contributed by atoms with Crippen LogP contribution in [0.2, 0.25) is 5.02 Å². The van der Waals surface area contributed by atoms with Crippen molar-refractivity contribution in [2.75, 3.05) is 23.7 Å². The molecule has 0 saturated heterocycles. The summed E-state index contributed by atoms with van der Waals surface area (Å²) in [7, 11) is 0. The Morgan fingerprint density at radius 1 is 1.12 bits per heavy atom. The van der Waals surface area contributed by atoms with Crippen molar-refractivity contribution in [2.45, 2.75) is 66.1 Å². The maximum Gasteiger partial charge on any atom is 0.330 e. The number of H-pyrrole nitrogens is 1. The Kier molecular flexibility index (Phi) is 8.25. The fraction of sp³-hybridized carbons (Fsp3) is 0.560. The third-order valence-corrected chi connectivity index (χ3v) is 6.32. The monoisotopic (exact) mass is 489 g/mol. The average Bonchev–Trinajstić information content (AvgIpc) is 3.59. The maximum atomic E-state index is 13.7. The zero-order chi connectivity index (χ0) is 25.2. The van der Waals surface area contributed by atoms with Crippen LogP contribution in [0.15, 0.2) is 33.9 Å². The first-order valence-electron chi connectivity index (χ1n) is 11.9. The lowest BCUT2D eigenvalue weighted by molar-refractivity contribution is -0.120. The lowest BCUT2D eigenvalue weighted by atomic mass is 10.1. The van der Waals surface area contributed by atoms with Crippen LogP contribution in [0.25, 0.3) is 0 Å². The predicted molar refractivity (Wildman–Crippen MR) is 137 cm³/mol. The number of aromatic amines is 1. The van der Waals surface area contributed by atoms with E-state index in [0.717, 1.165) is 18.4 Å². The van der Waals surface area contributed by atoms with Gasteiger partial charge >= 0.3 is 5.69 Å². The van der Waals surface area contributed by atoms with Gasteiger partial charge in [0.05, 0.1) is 6.54 Å². The van der Waals surface area contributed by atoms with Crippen molar-refractivity contribution in [1.82, 2.24) is 14.5 Å². The van der Waals surface area contributed by atoms with Crippen LogP contribution in [0.3, 0.4) is 0 Å². The van der Waals surface area contributed by atoms with Gasteiger partial charge in [-0.2, -0.15) is 0 Å². The van der Waals surface area contributed by atoms with E-state index in [2.05, 4.69) is 16.8 Å². The molecule has 186 valence electrons. The van der Waals surface area contributed by atoms with Gasteiger partial charge < -0.3 is 10.6 Å². The average molecular weight is 490 g/mol. The molecule has 0 bridgehead atoms. The first-order valence-corrected chi connectivity index (χ1v) is 12.3. The molecule has 8 nitrogen and oxygen atoms in total. The number of anilines is 2. The first kappa shape index (κ1) is 26.0. The number of hydrogen-bond acceptors (Lipinski definition) is 5. The van der Waals surface area contributed by atoms with Crippen molar-refractivity contribution in [3.05, 3.63) is 55.7 Å². The van der Waals surface area contributed by atoms with Gasteiger partial charge in [0.2, 0.25) is 5.91 Å². The van der Waals surface area contributed by atoms with E-state index in [1.807, 2.05) is 52.0 Å². The van der Waals surface area contributed by atoms with Crippen LogP contribution < -0.4 is 21.9 Å². The molecule has 3 N–H and O–H groups in total. The van der Waals surface area contributed by atoms with Gasteiger partial charge in [-0.05, 0) is 49.3 Å².